The first kappa shape index (κ1) is 16.5. The van der Waals surface area contributed by atoms with Crippen LogP contribution in [0.1, 0.15) is 19.3 Å². The van der Waals surface area contributed by atoms with Crippen LogP contribution in [0.5, 0.6) is 0 Å². The van der Waals surface area contributed by atoms with E-state index < -0.39 is 5.79 Å². The second-order valence-corrected chi connectivity index (χ2v) is 7.73. The third-order valence-corrected chi connectivity index (χ3v) is 5.91. The van der Waals surface area contributed by atoms with Gasteiger partial charge < -0.3 is 15.2 Å². The molecule has 2 saturated heterocycles. The Bertz CT molecular complexity index is 842. The van der Waals surface area contributed by atoms with E-state index in [1.54, 1.807) is 12.1 Å². The van der Waals surface area contributed by atoms with E-state index in [2.05, 4.69) is 26.2 Å². The number of fused-ring (bicyclic) bond motifs is 2. The van der Waals surface area contributed by atoms with E-state index in [1.165, 1.54) is 10.9 Å². The zero-order valence-corrected chi connectivity index (χ0v) is 15.2. The van der Waals surface area contributed by atoms with Crippen molar-refractivity contribution in [3.05, 3.63) is 38.3 Å². The number of halogens is 2. The van der Waals surface area contributed by atoms with Crippen LogP contribution in [0.3, 0.4) is 0 Å². The van der Waals surface area contributed by atoms with E-state index in [4.69, 9.17) is 16.3 Å². The van der Waals surface area contributed by atoms with Crippen LogP contribution in [0.2, 0.25) is 5.02 Å². The maximum atomic E-state index is 12.7. The number of hydrogen-bond donors (Lipinski definition) is 2. The van der Waals surface area contributed by atoms with Crippen molar-refractivity contribution in [2.75, 3.05) is 6.54 Å². The first-order valence-electron chi connectivity index (χ1n) is 7.93. The van der Waals surface area contributed by atoms with Gasteiger partial charge in [0.15, 0.2) is 5.79 Å². The number of aromatic nitrogens is 2. The summed E-state index contributed by atoms with van der Waals surface area (Å²) in [6.45, 7) is 0.989. The molecule has 0 unspecified atom stereocenters. The first-order valence-corrected chi connectivity index (χ1v) is 9.10. The number of aliphatic hydroxyl groups is 1. The van der Waals surface area contributed by atoms with Gasteiger partial charge in [-0.15, -0.1) is 0 Å². The fraction of sp³-hybridized carbons (Fsp3) is 0.500. The van der Waals surface area contributed by atoms with Crippen molar-refractivity contribution in [3.8, 4) is 0 Å². The van der Waals surface area contributed by atoms with Crippen molar-refractivity contribution in [2.45, 2.75) is 43.7 Å². The normalized spacial score (nSPS) is 29.8. The molecular weight excluding hydrogens is 398 g/mol. The molecule has 0 spiro atoms. The summed E-state index contributed by atoms with van der Waals surface area (Å²) >= 11 is 9.41. The molecule has 2 aliphatic rings. The number of nitrogens with one attached hydrogen (secondary N) is 1. The highest BCUT2D eigenvalue weighted by Gasteiger charge is 2.46. The Balaban J connectivity index is 1.66. The van der Waals surface area contributed by atoms with Crippen molar-refractivity contribution in [1.82, 2.24) is 14.9 Å². The Morgan fingerprint density at radius 2 is 2.38 bits per heavy atom. The fourth-order valence-electron chi connectivity index (χ4n) is 3.58. The highest BCUT2D eigenvalue weighted by Crippen LogP contribution is 2.34. The summed E-state index contributed by atoms with van der Waals surface area (Å²) < 4.78 is 7.92. The molecule has 1 aromatic heterocycles. The highest BCUT2D eigenvalue weighted by atomic mass is 79.9. The Hall–Kier alpha value is -0.990. The number of piperidine rings is 1. The van der Waals surface area contributed by atoms with Gasteiger partial charge in [0.25, 0.3) is 5.56 Å². The Labute approximate surface area is 151 Å². The van der Waals surface area contributed by atoms with Crippen LogP contribution < -0.4 is 10.9 Å². The number of rotatable bonds is 2. The molecule has 2 N–H and O–H groups in total. The summed E-state index contributed by atoms with van der Waals surface area (Å²) in [5.74, 6) is -1.36. The molecule has 2 aliphatic heterocycles. The van der Waals surface area contributed by atoms with Gasteiger partial charge in [-0.3, -0.25) is 9.36 Å². The van der Waals surface area contributed by atoms with E-state index in [9.17, 15) is 9.90 Å². The molecule has 3 heterocycles. The van der Waals surface area contributed by atoms with Gasteiger partial charge in [-0.2, -0.15) is 0 Å². The minimum absolute atomic E-state index is 0.00160. The lowest BCUT2D eigenvalue weighted by atomic mass is 9.99. The lowest BCUT2D eigenvalue weighted by Crippen LogP contribution is -2.41. The standard InChI is InChI=1S/C16H17BrClN3O3/c17-10-5-12-9(4-11(10)18)15(22)21(8-20-12)7-16(23)6-13-14(24-16)2-1-3-19-13/h4-5,8,13-14,19,23H,1-3,6-7H2/t13-,14-,16-/m1/s1. The number of benzene rings is 1. The molecule has 1 aromatic carbocycles. The van der Waals surface area contributed by atoms with E-state index in [1.807, 2.05) is 0 Å². The average molecular weight is 415 g/mol. The van der Waals surface area contributed by atoms with Gasteiger partial charge >= 0.3 is 0 Å². The third kappa shape index (κ3) is 2.88. The number of hydrogen-bond acceptors (Lipinski definition) is 5. The van der Waals surface area contributed by atoms with Gasteiger partial charge in [0, 0.05) is 16.9 Å². The highest BCUT2D eigenvalue weighted by molar-refractivity contribution is 9.10. The molecule has 2 fully saturated rings. The molecule has 4 rings (SSSR count). The molecule has 0 amide bonds. The molecule has 24 heavy (non-hydrogen) atoms. The summed E-state index contributed by atoms with van der Waals surface area (Å²) in [5.41, 5.74) is 0.316. The molecule has 6 nitrogen and oxygen atoms in total. The molecule has 3 atom stereocenters. The quantitative estimate of drug-likeness (QED) is 0.786. The van der Waals surface area contributed by atoms with Gasteiger partial charge in [0.2, 0.25) is 0 Å². The second kappa shape index (κ2) is 6.07. The Morgan fingerprint density at radius 3 is 3.17 bits per heavy atom. The molecule has 0 bridgehead atoms. The molecule has 0 saturated carbocycles. The summed E-state index contributed by atoms with van der Waals surface area (Å²) in [6.07, 6.45) is 3.86. The van der Waals surface area contributed by atoms with Crippen LogP contribution in [0, 0.1) is 0 Å². The van der Waals surface area contributed by atoms with Crippen LogP contribution >= 0.6 is 27.5 Å². The summed E-state index contributed by atoms with van der Waals surface area (Å²) in [5, 5.41) is 15.0. The van der Waals surface area contributed by atoms with Crippen molar-refractivity contribution in [1.29, 1.82) is 0 Å². The van der Waals surface area contributed by atoms with Crippen LogP contribution in [-0.2, 0) is 11.3 Å². The van der Waals surface area contributed by atoms with Crippen molar-refractivity contribution in [2.24, 2.45) is 0 Å². The van der Waals surface area contributed by atoms with Crippen molar-refractivity contribution >= 4 is 38.4 Å². The van der Waals surface area contributed by atoms with Crippen molar-refractivity contribution < 1.29 is 9.84 Å². The summed E-state index contributed by atoms with van der Waals surface area (Å²) in [7, 11) is 0. The average Bonchev–Trinajstić information content (AvgIpc) is 2.88. The first-order chi connectivity index (χ1) is 11.5. The molecule has 0 aliphatic carbocycles. The maximum Gasteiger partial charge on any atom is 0.261 e. The second-order valence-electron chi connectivity index (χ2n) is 6.47. The van der Waals surface area contributed by atoms with Gasteiger partial charge in [0.05, 0.1) is 34.9 Å². The predicted octanol–water partition coefficient (Wildman–Crippen LogP) is 2.04. The molecule has 2 aromatic rings. The monoisotopic (exact) mass is 413 g/mol. The Morgan fingerprint density at radius 1 is 1.54 bits per heavy atom. The van der Waals surface area contributed by atoms with E-state index in [0.29, 0.717) is 26.8 Å². The smallest absolute Gasteiger partial charge is 0.261 e. The zero-order valence-electron chi connectivity index (χ0n) is 12.8. The maximum absolute atomic E-state index is 12.7. The van der Waals surface area contributed by atoms with Crippen LogP contribution in [0.25, 0.3) is 10.9 Å². The van der Waals surface area contributed by atoms with Crippen LogP contribution in [0.15, 0.2) is 27.7 Å². The summed E-state index contributed by atoms with van der Waals surface area (Å²) in [6, 6.07) is 3.44. The predicted molar refractivity (Wildman–Crippen MR) is 94.2 cm³/mol. The lowest BCUT2D eigenvalue weighted by molar-refractivity contribution is -0.202. The zero-order chi connectivity index (χ0) is 16.9. The minimum Gasteiger partial charge on any atom is -0.364 e. The van der Waals surface area contributed by atoms with E-state index in [-0.39, 0.29) is 24.2 Å². The van der Waals surface area contributed by atoms with E-state index >= 15 is 0 Å². The molecular formula is C16H17BrClN3O3. The molecule has 0 radical (unpaired) electrons. The third-order valence-electron chi connectivity index (χ3n) is 4.71. The summed E-state index contributed by atoms with van der Waals surface area (Å²) in [4.78, 5) is 17.0. The van der Waals surface area contributed by atoms with Crippen LogP contribution in [0.4, 0.5) is 0 Å². The van der Waals surface area contributed by atoms with Gasteiger partial charge in [-0.05, 0) is 47.4 Å². The van der Waals surface area contributed by atoms with E-state index in [0.717, 1.165) is 19.4 Å². The largest absolute Gasteiger partial charge is 0.364 e. The topological polar surface area (TPSA) is 76.4 Å². The minimum atomic E-state index is -1.36. The van der Waals surface area contributed by atoms with Gasteiger partial charge in [-0.1, -0.05) is 11.6 Å². The van der Waals surface area contributed by atoms with Crippen molar-refractivity contribution in [3.63, 3.8) is 0 Å². The molecule has 128 valence electrons. The lowest BCUT2D eigenvalue weighted by Gasteiger charge is -2.25. The Kier molecular flexibility index (Phi) is 4.17. The van der Waals surface area contributed by atoms with Gasteiger partial charge in [-0.25, -0.2) is 4.98 Å². The number of nitrogens with zero attached hydrogens (tertiary/aromatic N) is 2. The fourth-order valence-corrected chi connectivity index (χ4v) is 4.07. The molecule has 8 heteroatoms. The SMILES string of the molecule is O=c1c2cc(Cl)c(Br)cc2ncn1C[C@@]1(O)C[C@H]2NCCC[C@H]2O1. The van der Waals surface area contributed by atoms with Gasteiger partial charge in [0.1, 0.15) is 0 Å². The number of ether oxygens (including phenoxy) is 1. The van der Waals surface area contributed by atoms with Crippen LogP contribution in [-0.4, -0.2) is 39.1 Å².